The molecule has 1 aromatic heterocycles. The molecule has 138 valence electrons. The summed E-state index contributed by atoms with van der Waals surface area (Å²) in [6.45, 7) is 9.68. The number of rotatable bonds is 7. The summed E-state index contributed by atoms with van der Waals surface area (Å²) in [4.78, 5) is 3.71. The summed E-state index contributed by atoms with van der Waals surface area (Å²) in [5, 5.41) is 1.38. The molecule has 0 saturated heterocycles. The van der Waals surface area contributed by atoms with Gasteiger partial charge in [-0.05, 0) is 92.9 Å². The number of benzene rings is 2. The van der Waals surface area contributed by atoms with Crippen LogP contribution in [0.2, 0.25) is 0 Å². The fourth-order valence-electron chi connectivity index (χ4n) is 3.88. The molecule has 1 heterocycles. The zero-order valence-electron chi connectivity index (χ0n) is 16.7. The number of hydrogen-bond donors (Lipinski definition) is 2. The Morgan fingerprint density at radius 1 is 1.00 bits per heavy atom. The summed E-state index contributed by atoms with van der Waals surface area (Å²) >= 11 is 0. The van der Waals surface area contributed by atoms with Gasteiger partial charge in [0.2, 0.25) is 0 Å². The monoisotopic (exact) mass is 348 g/mol. The molecule has 3 rings (SSSR count). The number of aromatic amines is 1. The summed E-state index contributed by atoms with van der Waals surface area (Å²) in [5.41, 5.74) is 15.1. The fourth-order valence-corrected chi connectivity index (χ4v) is 3.88. The number of aryl methyl sites for hydroxylation is 3. The predicted molar refractivity (Wildman–Crippen MR) is 114 cm³/mol. The molecular weight excluding hydrogens is 316 g/mol. The molecule has 2 heteroatoms. The number of aromatic nitrogens is 1. The van der Waals surface area contributed by atoms with Gasteiger partial charge in [-0.2, -0.15) is 0 Å². The summed E-state index contributed by atoms with van der Waals surface area (Å²) < 4.78 is 0. The van der Waals surface area contributed by atoms with Gasteiger partial charge in [-0.15, -0.1) is 0 Å². The van der Waals surface area contributed by atoms with Crippen molar-refractivity contribution in [2.24, 2.45) is 5.73 Å². The minimum absolute atomic E-state index is 0.593. The lowest BCUT2D eigenvalue weighted by molar-refractivity contribution is 0.734. The molecule has 0 bridgehead atoms. The van der Waals surface area contributed by atoms with Crippen molar-refractivity contribution in [3.63, 3.8) is 0 Å². The lowest BCUT2D eigenvalue weighted by Gasteiger charge is -2.10. The molecule has 0 aliphatic rings. The third-order valence-corrected chi connectivity index (χ3v) is 5.50. The van der Waals surface area contributed by atoms with Gasteiger partial charge in [-0.3, -0.25) is 0 Å². The van der Waals surface area contributed by atoms with Crippen molar-refractivity contribution < 1.29 is 0 Å². The number of nitrogens with one attached hydrogen (secondary N) is 1. The van der Waals surface area contributed by atoms with E-state index < -0.39 is 0 Å². The minimum Gasteiger partial charge on any atom is -0.354 e. The summed E-state index contributed by atoms with van der Waals surface area (Å²) in [5.74, 6) is 0.593. The van der Waals surface area contributed by atoms with E-state index in [4.69, 9.17) is 5.73 Å². The van der Waals surface area contributed by atoms with Crippen LogP contribution in [0.3, 0.4) is 0 Å². The van der Waals surface area contributed by atoms with Crippen LogP contribution in [-0.2, 0) is 6.42 Å². The molecule has 2 nitrogen and oxygen atoms in total. The van der Waals surface area contributed by atoms with Crippen molar-refractivity contribution in [3.8, 4) is 11.3 Å². The van der Waals surface area contributed by atoms with Crippen LogP contribution in [0.1, 0.15) is 61.3 Å². The zero-order chi connectivity index (χ0) is 18.7. The van der Waals surface area contributed by atoms with Gasteiger partial charge >= 0.3 is 0 Å². The molecule has 0 aliphatic heterocycles. The zero-order valence-corrected chi connectivity index (χ0v) is 16.7. The van der Waals surface area contributed by atoms with Crippen molar-refractivity contribution in [2.75, 3.05) is 6.54 Å². The number of unbranched alkanes of at least 4 members (excludes halogenated alkanes) is 1. The van der Waals surface area contributed by atoms with E-state index in [1.54, 1.807) is 0 Å². The topological polar surface area (TPSA) is 41.8 Å². The lowest BCUT2D eigenvalue weighted by Crippen LogP contribution is -1.99. The molecule has 0 aliphatic carbocycles. The van der Waals surface area contributed by atoms with Gasteiger partial charge in [0.25, 0.3) is 0 Å². The Morgan fingerprint density at radius 3 is 2.38 bits per heavy atom. The van der Waals surface area contributed by atoms with Crippen LogP contribution in [0.25, 0.3) is 22.2 Å². The second kappa shape index (κ2) is 8.09. The Bertz CT molecular complexity index is 868. The Kier molecular flexibility index (Phi) is 5.83. The van der Waals surface area contributed by atoms with Crippen LogP contribution < -0.4 is 5.73 Å². The highest BCUT2D eigenvalue weighted by atomic mass is 14.7. The third-order valence-electron chi connectivity index (χ3n) is 5.50. The van der Waals surface area contributed by atoms with Crippen LogP contribution in [0.5, 0.6) is 0 Å². The second-order valence-corrected chi connectivity index (χ2v) is 7.72. The van der Waals surface area contributed by atoms with Gasteiger partial charge in [0.1, 0.15) is 0 Å². The minimum atomic E-state index is 0.593. The average molecular weight is 349 g/mol. The van der Waals surface area contributed by atoms with Gasteiger partial charge < -0.3 is 10.7 Å². The third kappa shape index (κ3) is 3.86. The standard InChI is InChI=1S/C24H32N2/c1-5-18(4)19-9-10-23-22(15-19)21(8-6-7-11-25)24(26-23)20-13-16(2)12-17(3)14-20/h9-10,12-15,18,26H,5-8,11,25H2,1-4H3. The van der Waals surface area contributed by atoms with Gasteiger partial charge in [0.05, 0.1) is 0 Å². The van der Waals surface area contributed by atoms with Crippen molar-refractivity contribution in [1.82, 2.24) is 4.98 Å². The first-order valence-corrected chi connectivity index (χ1v) is 9.96. The van der Waals surface area contributed by atoms with Crippen LogP contribution >= 0.6 is 0 Å². The van der Waals surface area contributed by atoms with E-state index in [1.165, 1.54) is 50.8 Å². The molecule has 2 aromatic carbocycles. The molecule has 0 fully saturated rings. The molecule has 1 atom stereocenters. The van der Waals surface area contributed by atoms with E-state index in [0.717, 1.165) is 25.8 Å². The molecule has 0 saturated carbocycles. The Morgan fingerprint density at radius 2 is 1.73 bits per heavy atom. The van der Waals surface area contributed by atoms with Gasteiger partial charge in [-0.1, -0.05) is 37.1 Å². The fraction of sp³-hybridized carbons (Fsp3) is 0.417. The maximum Gasteiger partial charge on any atom is 0.0497 e. The summed E-state index contributed by atoms with van der Waals surface area (Å²) in [7, 11) is 0. The van der Waals surface area contributed by atoms with Crippen molar-refractivity contribution in [1.29, 1.82) is 0 Å². The number of hydrogen-bond acceptors (Lipinski definition) is 1. The SMILES string of the molecule is CCC(C)c1ccc2[nH]c(-c3cc(C)cc(C)c3)c(CCCCN)c2c1. The van der Waals surface area contributed by atoms with E-state index in [9.17, 15) is 0 Å². The maximum absolute atomic E-state index is 5.74. The predicted octanol–water partition coefficient (Wildman–Crippen LogP) is 6.25. The number of fused-ring (bicyclic) bond motifs is 1. The first-order valence-electron chi connectivity index (χ1n) is 9.96. The quantitative estimate of drug-likeness (QED) is 0.487. The van der Waals surface area contributed by atoms with Crippen molar-refractivity contribution in [3.05, 3.63) is 58.7 Å². The number of nitrogens with two attached hydrogens (primary N) is 1. The van der Waals surface area contributed by atoms with Crippen LogP contribution in [0.15, 0.2) is 36.4 Å². The van der Waals surface area contributed by atoms with Gasteiger partial charge in [0, 0.05) is 16.6 Å². The molecule has 26 heavy (non-hydrogen) atoms. The average Bonchev–Trinajstić information content (AvgIpc) is 2.98. The largest absolute Gasteiger partial charge is 0.354 e. The molecular formula is C24H32N2. The van der Waals surface area contributed by atoms with E-state index >= 15 is 0 Å². The van der Waals surface area contributed by atoms with Crippen LogP contribution in [0.4, 0.5) is 0 Å². The molecule has 3 aromatic rings. The lowest BCUT2D eigenvalue weighted by atomic mass is 9.94. The highest BCUT2D eigenvalue weighted by Crippen LogP contribution is 2.34. The van der Waals surface area contributed by atoms with Crippen molar-refractivity contribution in [2.45, 2.75) is 59.3 Å². The van der Waals surface area contributed by atoms with Gasteiger partial charge in [-0.25, -0.2) is 0 Å². The van der Waals surface area contributed by atoms with E-state index in [-0.39, 0.29) is 0 Å². The van der Waals surface area contributed by atoms with Crippen LogP contribution in [0, 0.1) is 13.8 Å². The Labute approximate surface area is 157 Å². The van der Waals surface area contributed by atoms with Crippen molar-refractivity contribution >= 4 is 10.9 Å². The molecule has 3 N–H and O–H groups in total. The number of H-pyrrole nitrogens is 1. The Hall–Kier alpha value is -2.06. The van der Waals surface area contributed by atoms with E-state index in [1.807, 2.05) is 0 Å². The normalized spacial score (nSPS) is 12.7. The smallest absolute Gasteiger partial charge is 0.0497 e. The summed E-state index contributed by atoms with van der Waals surface area (Å²) in [6, 6.07) is 13.8. The first-order chi connectivity index (χ1) is 12.5. The molecule has 0 spiro atoms. The van der Waals surface area contributed by atoms with Crippen LogP contribution in [-0.4, -0.2) is 11.5 Å². The maximum atomic E-state index is 5.74. The molecule has 0 radical (unpaired) electrons. The first kappa shape index (κ1) is 18.7. The van der Waals surface area contributed by atoms with Gasteiger partial charge in [0.15, 0.2) is 0 Å². The van der Waals surface area contributed by atoms with E-state index in [0.29, 0.717) is 5.92 Å². The second-order valence-electron chi connectivity index (χ2n) is 7.72. The highest BCUT2D eigenvalue weighted by Gasteiger charge is 2.15. The highest BCUT2D eigenvalue weighted by molar-refractivity contribution is 5.91. The Balaban J connectivity index is 2.15. The summed E-state index contributed by atoms with van der Waals surface area (Å²) in [6.07, 6.45) is 4.45. The molecule has 1 unspecified atom stereocenters. The molecule has 0 amide bonds. The van der Waals surface area contributed by atoms with E-state index in [2.05, 4.69) is 69.1 Å².